The van der Waals surface area contributed by atoms with E-state index in [1.54, 1.807) is 6.07 Å². The van der Waals surface area contributed by atoms with Gasteiger partial charge in [0, 0.05) is 22.8 Å². The number of aryl methyl sites for hydroxylation is 1. The molecular formula is C20H12FIN6O6. The Balaban J connectivity index is 2.00. The predicted molar refractivity (Wildman–Crippen MR) is 128 cm³/mol. The van der Waals surface area contributed by atoms with Crippen molar-refractivity contribution >= 4 is 56.4 Å². The molecule has 4 rings (SSSR count). The van der Waals surface area contributed by atoms with Crippen molar-refractivity contribution in [3.05, 3.63) is 99.1 Å². The van der Waals surface area contributed by atoms with Crippen LogP contribution < -0.4 is 16.4 Å². The van der Waals surface area contributed by atoms with Crippen LogP contribution in [-0.4, -0.2) is 24.0 Å². The molecule has 34 heavy (non-hydrogen) atoms. The maximum Gasteiger partial charge on any atom is 0.300 e. The van der Waals surface area contributed by atoms with Crippen LogP contribution in [0.15, 0.2) is 58.4 Å². The third-order valence-corrected chi connectivity index (χ3v) is 5.63. The molecule has 0 unspecified atom stereocenters. The maximum atomic E-state index is 14.4. The molecule has 0 saturated heterocycles. The number of aromatic nitrogens is 3. The smallest absolute Gasteiger partial charge is 0.300 e. The van der Waals surface area contributed by atoms with Crippen molar-refractivity contribution in [2.24, 2.45) is 7.05 Å². The van der Waals surface area contributed by atoms with Crippen LogP contribution in [0.25, 0.3) is 16.7 Å². The molecular weight excluding hydrogens is 566 g/mol. The number of halogens is 2. The number of nitrogens with one attached hydrogen (secondary N) is 1. The van der Waals surface area contributed by atoms with Crippen molar-refractivity contribution in [3.63, 3.8) is 0 Å². The van der Waals surface area contributed by atoms with Gasteiger partial charge >= 0.3 is 0 Å². The first-order valence-electron chi connectivity index (χ1n) is 9.35. The first kappa shape index (κ1) is 23.0. The van der Waals surface area contributed by atoms with Crippen LogP contribution in [0.2, 0.25) is 0 Å². The number of hydrogen-bond acceptors (Lipinski definition) is 8. The maximum absolute atomic E-state index is 14.4. The molecule has 1 N–H and O–H groups in total. The second kappa shape index (κ2) is 8.62. The molecule has 14 heteroatoms. The van der Waals surface area contributed by atoms with Gasteiger partial charge in [0.05, 0.1) is 27.3 Å². The van der Waals surface area contributed by atoms with Crippen molar-refractivity contribution < 1.29 is 14.2 Å². The number of nitrogens with zero attached hydrogens (tertiary/aromatic N) is 5. The highest BCUT2D eigenvalue weighted by molar-refractivity contribution is 14.1. The van der Waals surface area contributed by atoms with Gasteiger partial charge in [-0.25, -0.2) is 9.37 Å². The summed E-state index contributed by atoms with van der Waals surface area (Å²) in [5, 5.41) is 25.2. The molecule has 2 heterocycles. The van der Waals surface area contributed by atoms with E-state index in [0.717, 1.165) is 39.7 Å². The number of hydrogen-bond donors (Lipinski definition) is 1. The van der Waals surface area contributed by atoms with E-state index in [2.05, 4.69) is 10.3 Å². The number of fused-ring (bicyclic) bond motifs is 1. The van der Waals surface area contributed by atoms with Gasteiger partial charge in [-0.1, -0.05) is 0 Å². The van der Waals surface area contributed by atoms with E-state index in [4.69, 9.17) is 0 Å². The van der Waals surface area contributed by atoms with Crippen molar-refractivity contribution in [1.82, 2.24) is 14.1 Å². The van der Waals surface area contributed by atoms with E-state index >= 15 is 0 Å². The Hall–Kier alpha value is -4.21. The lowest BCUT2D eigenvalue weighted by Crippen LogP contribution is -2.26. The highest BCUT2D eigenvalue weighted by Crippen LogP contribution is 2.28. The third-order valence-electron chi connectivity index (χ3n) is 4.96. The Kier molecular flexibility index (Phi) is 5.82. The van der Waals surface area contributed by atoms with Gasteiger partial charge in [0.1, 0.15) is 23.2 Å². The van der Waals surface area contributed by atoms with Crippen molar-refractivity contribution in [2.75, 3.05) is 5.32 Å². The summed E-state index contributed by atoms with van der Waals surface area (Å²) in [6, 6.07) is 8.18. The van der Waals surface area contributed by atoms with Crippen LogP contribution in [-0.2, 0) is 7.05 Å². The summed E-state index contributed by atoms with van der Waals surface area (Å²) in [5.41, 5.74) is -2.96. The van der Waals surface area contributed by atoms with E-state index in [9.17, 15) is 34.2 Å². The number of rotatable bonds is 5. The van der Waals surface area contributed by atoms with Crippen LogP contribution in [0, 0.1) is 29.6 Å². The van der Waals surface area contributed by atoms with Crippen LogP contribution in [0.5, 0.6) is 0 Å². The standard InChI is InChI=1S/C20H12FIN6O6/c1-25-17(29)8-14(24-13-4-2-10(22)6-12(13)21)18-19(25)23-9-26(20(18)30)15-5-3-11(27(31)32)7-16(15)28(33)34/h2-9,24H,1H3. The predicted octanol–water partition coefficient (Wildman–Crippen LogP) is 3.39. The summed E-state index contributed by atoms with van der Waals surface area (Å²) in [6.45, 7) is 0. The van der Waals surface area contributed by atoms with Crippen LogP contribution in [0.1, 0.15) is 0 Å². The van der Waals surface area contributed by atoms with Crippen LogP contribution in [0.4, 0.5) is 27.1 Å². The number of pyridine rings is 1. The largest absolute Gasteiger partial charge is 0.352 e. The van der Waals surface area contributed by atoms with Gasteiger partial charge < -0.3 is 5.32 Å². The number of non-ortho nitro benzene ring substituents is 1. The van der Waals surface area contributed by atoms with E-state index < -0.39 is 38.2 Å². The van der Waals surface area contributed by atoms with Crippen molar-refractivity contribution in [3.8, 4) is 5.69 Å². The molecule has 0 aliphatic heterocycles. The van der Waals surface area contributed by atoms with E-state index in [-0.39, 0.29) is 28.1 Å². The van der Waals surface area contributed by atoms with Gasteiger partial charge in [-0.2, -0.15) is 0 Å². The summed E-state index contributed by atoms with van der Waals surface area (Å²) >= 11 is 1.93. The lowest BCUT2D eigenvalue weighted by Gasteiger charge is -2.14. The lowest BCUT2D eigenvalue weighted by molar-refractivity contribution is -0.394. The summed E-state index contributed by atoms with van der Waals surface area (Å²) in [4.78, 5) is 50.9. The summed E-state index contributed by atoms with van der Waals surface area (Å²) in [7, 11) is 1.38. The molecule has 12 nitrogen and oxygen atoms in total. The molecule has 0 fully saturated rings. The minimum absolute atomic E-state index is 0.00825. The third kappa shape index (κ3) is 3.98. The zero-order valence-corrected chi connectivity index (χ0v) is 19.2. The molecule has 0 saturated carbocycles. The summed E-state index contributed by atoms with van der Waals surface area (Å²) in [6.07, 6.45) is 0.980. The number of nitro benzene ring substituents is 2. The molecule has 0 spiro atoms. The summed E-state index contributed by atoms with van der Waals surface area (Å²) in [5.74, 6) is -0.629. The number of nitro groups is 2. The van der Waals surface area contributed by atoms with E-state index in [0.29, 0.717) is 3.57 Å². The van der Waals surface area contributed by atoms with Gasteiger partial charge in [-0.3, -0.25) is 39.0 Å². The molecule has 0 bridgehead atoms. The van der Waals surface area contributed by atoms with Crippen LogP contribution >= 0.6 is 22.6 Å². The highest BCUT2D eigenvalue weighted by Gasteiger charge is 2.23. The molecule has 0 aliphatic rings. The summed E-state index contributed by atoms with van der Waals surface area (Å²) < 4.78 is 17.0. The first-order chi connectivity index (χ1) is 16.1. The second-order valence-electron chi connectivity index (χ2n) is 7.01. The zero-order valence-electron chi connectivity index (χ0n) is 17.1. The fourth-order valence-electron chi connectivity index (χ4n) is 3.31. The van der Waals surface area contributed by atoms with Gasteiger partial charge in [0.2, 0.25) is 0 Å². The van der Waals surface area contributed by atoms with Crippen molar-refractivity contribution in [2.45, 2.75) is 0 Å². The Labute approximate surface area is 201 Å². The quantitative estimate of drug-likeness (QED) is 0.215. The Morgan fingerprint density at radius 3 is 2.41 bits per heavy atom. The van der Waals surface area contributed by atoms with E-state index in [1.165, 1.54) is 19.2 Å². The average Bonchev–Trinajstić information content (AvgIpc) is 2.78. The molecule has 0 amide bonds. The van der Waals surface area contributed by atoms with Crippen LogP contribution in [0.3, 0.4) is 0 Å². The molecule has 2 aromatic carbocycles. The molecule has 4 aromatic rings. The normalized spacial score (nSPS) is 10.9. The Morgan fingerprint density at radius 2 is 1.76 bits per heavy atom. The first-order valence-corrected chi connectivity index (χ1v) is 10.4. The Bertz CT molecular complexity index is 1630. The molecule has 2 aromatic heterocycles. The SMILES string of the molecule is Cn1c(=O)cc(Nc2ccc(I)cc2F)c2c(=O)n(-c3ccc([N+](=O)[O-])cc3[N+](=O)[O-])cnc21. The Morgan fingerprint density at radius 1 is 1.03 bits per heavy atom. The lowest BCUT2D eigenvalue weighted by atomic mass is 10.2. The van der Waals surface area contributed by atoms with Gasteiger partial charge in [-0.15, -0.1) is 0 Å². The highest BCUT2D eigenvalue weighted by atomic mass is 127. The molecule has 0 radical (unpaired) electrons. The number of anilines is 2. The van der Waals surface area contributed by atoms with Gasteiger partial charge in [-0.05, 0) is 46.9 Å². The monoisotopic (exact) mass is 578 g/mol. The van der Waals surface area contributed by atoms with E-state index in [1.807, 2.05) is 22.6 Å². The molecule has 0 aliphatic carbocycles. The fraction of sp³-hybridized carbons (Fsp3) is 0.0500. The zero-order chi connectivity index (χ0) is 24.7. The number of benzene rings is 2. The van der Waals surface area contributed by atoms with Crippen molar-refractivity contribution in [1.29, 1.82) is 0 Å². The minimum Gasteiger partial charge on any atom is -0.352 e. The average molecular weight is 578 g/mol. The molecule has 0 atom stereocenters. The fourth-order valence-corrected chi connectivity index (χ4v) is 3.77. The minimum atomic E-state index is -0.861. The van der Waals surface area contributed by atoms with Gasteiger partial charge in [0.25, 0.3) is 22.5 Å². The molecule has 172 valence electrons. The topological polar surface area (TPSA) is 155 Å². The second-order valence-corrected chi connectivity index (χ2v) is 8.26. The van der Waals surface area contributed by atoms with Gasteiger partial charge in [0.15, 0.2) is 5.65 Å².